The first kappa shape index (κ1) is 32.6. The molecule has 0 unspecified atom stereocenters. The van der Waals surface area contributed by atoms with Crippen LogP contribution < -0.4 is 15.4 Å². The van der Waals surface area contributed by atoms with Crippen LogP contribution in [0.1, 0.15) is 95.3 Å². The van der Waals surface area contributed by atoms with E-state index in [1.165, 1.54) is 19.3 Å². The second-order valence-electron chi connectivity index (χ2n) is 13.1. The molecule has 4 rings (SSSR count). The SMILES string of the molecule is C[C@@H]1CCCCO[C@H](CN(C)CC2CC2)[C@H](C)CN([C@H](C)CO)C(=O)c2cc(NC(=O)NC3CCCCC3)ccc2O1. The number of aliphatic hydroxyl groups is 1. The van der Waals surface area contributed by atoms with Crippen LogP contribution in [-0.2, 0) is 4.74 Å². The molecule has 9 nitrogen and oxygen atoms in total. The number of likely N-dealkylation sites (N-methyl/N-ethyl adjacent to an activating group) is 1. The maximum Gasteiger partial charge on any atom is 0.319 e. The smallest absolute Gasteiger partial charge is 0.319 e. The molecule has 2 saturated carbocycles. The van der Waals surface area contributed by atoms with Crippen molar-refractivity contribution in [3.8, 4) is 5.75 Å². The highest BCUT2D eigenvalue weighted by Gasteiger charge is 2.31. The first-order chi connectivity index (χ1) is 20.2. The zero-order valence-corrected chi connectivity index (χ0v) is 26.3. The Balaban J connectivity index is 1.56. The Morgan fingerprint density at radius 1 is 1.07 bits per heavy atom. The standard InChI is InChI=1S/C33H54N4O5/c1-23-19-37(24(2)22-38)32(39)29-18-28(35-33(40)34-27-11-6-5-7-12-27)15-16-30(29)42-25(3)10-8-9-17-41-31(23)21-36(4)20-26-13-14-26/h15-16,18,23-27,31,38H,5-14,17,19-22H2,1-4H3,(H2,34,35,40)/t23-,24-,25-,31-/m1/s1. The Kier molecular flexibility index (Phi) is 12.3. The number of nitrogens with one attached hydrogen (secondary N) is 2. The third-order valence-corrected chi connectivity index (χ3v) is 9.01. The van der Waals surface area contributed by atoms with Crippen LogP contribution in [0.3, 0.4) is 0 Å². The number of urea groups is 1. The molecule has 3 aliphatic rings. The van der Waals surface area contributed by atoms with Crippen molar-refractivity contribution < 1.29 is 24.2 Å². The molecule has 2 aliphatic carbocycles. The molecule has 0 saturated heterocycles. The number of hydrogen-bond donors (Lipinski definition) is 3. The molecule has 0 spiro atoms. The van der Waals surface area contributed by atoms with Gasteiger partial charge in [0, 0.05) is 43.9 Å². The van der Waals surface area contributed by atoms with Gasteiger partial charge in [-0.15, -0.1) is 0 Å². The maximum absolute atomic E-state index is 14.3. The van der Waals surface area contributed by atoms with Crippen molar-refractivity contribution in [2.24, 2.45) is 11.8 Å². The van der Waals surface area contributed by atoms with Crippen molar-refractivity contribution in [3.63, 3.8) is 0 Å². The topological polar surface area (TPSA) is 103 Å². The van der Waals surface area contributed by atoms with Gasteiger partial charge in [-0.1, -0.05) is 26.2 Å². The quantitative estimate of drug-likeness (QED) is 0.383. The Hall–Kier alpha value is -2.36. The van der Waals surface area contributed by atoms with E-state index in [1.54, 1.807) is 23.1 Å². The summed E-state index contributed by atoms with van der Waals surface area (Å²) in [6.07, 6.45) is 10.7. The number of hydrogen-bond acceptors (Lipinski definition) is 6. The van der Waals surface area contributed by atoms with Gasteiger partial charge < -0.3 is 35.0 Å². The first-order valence-electron chi connectivity index (χ1n) is 16.3. The lowest BCUT2D eigenvalue weighted by Crippen LogP contribution is -2.47. The van der Waals surface area contributed by atoms with E-state index in [2.05, 4.69) is 29.5 Å². The van der Waals surface area contributed by atoms with Crippen LogP contribution in [0.25, 0.3) is 0 Å². The predicted molar refractivity (Wildman–Crippen MR) is 166 cm³/mol. The molecule has 0 bridgehead atoms. The number of aliphatic hydroxyl groups excluding tert-OH is 1. The predicted octanol–water partition coefficient (Wildman–Crippen LogP) is 5.28. The Labute approximate surface area is 252 Å². The fourth-order valence-electron chi connectivity index (χ4n) is 6.19. The van der Waals surface area contributed by atoms with Gasteiger partial charge in [-0.2, -0.15) is 0 Å². The number of amides is 3. The first-order valence-corrected chi connectivity index (χ1v) is 16.3. The van der Waals surface area contributed by atoms with Crippen molar-refractivity contribution in [1.82, 2.24) is 15.1 Å². The van der Waals surface area contributed by atoms with Crippen LogP contribution in [0.15, 0.2) is 18.2 Å². The van der Waals surface area contributed by atoms with Gasteiger partial charge in [-0.3, -0.25) is 4.79 Å². The van der Waals surface area contributed by atoms with Crippen molar-refractivity contribution in [2.45, 2.75) is 109 Å². The van der Waals surface area contributed by atoms with E-state index in [0.717, 1.165) is 64.0 Å². The van der Waals surface area contributed by atoms with E-state index in [4.69, 9.17) is 9.47 Å². The molecule has 0 aromatic heterocycles. The summed E-state index contributed by atoms with van der Waals surface area (Å²) < 4.78 is 12.8. The number of nitrogens with zero attached hydrogens (tertiary/aromatic N) is 2. The summed E-state index contributed by atoms with van der Waals surface area (Å²) in [5.41, 5.74) is 0.936. The van der Waals surface area contributed by atoms with Crippen molar-refractivity contribution in [3.05, 3.63) is 23.8 Å². The minimum atomic E-state index is -0.394. The van der Waals surface area contributed by atoms with Crippen LogP contribution >= 0.6 is 0 Å². The zero-order chi connectivity index (χ0) is 30.1. The Morgan fingerprint density at radius 2 is 1.81 bits per heavy atom. The fraction of sp³-hybridized carbons (Fsp3) is 0.758. The highest BCUT2D eigenvalue weighted by atomic mass is 16.5. The minimum Gasteiger partial charge on any atom is -0.490 e. The minimum absolute atomic E-state index is 0.0255. The number of rotatable bonds is 8. The zero-order valence-electron chi connectivity index (χ0n) is 26.3. The van der Waals surface area contributed by atoms with Crippen LogP contribution in [0, 0.1) is 11.8 Å². The van der Waals surface area contributed by atoms with Gasteiger partial charge in [0.2, 0.25) is 0 Å². The van der Waals surface area contributed by atoms with E-state index in [1.807, 2.05) is 13.8 Å². The van der Waals surface area contributed by atoms with E-state index in [0.29, 0.717) is 30.2 Å². The fourth-order valence-corrected chi connectivity index (χ4v) is 6.19. The molecule has 1 heterocycles. The summed E-state index contributed by atoms with van der Waals surface area (Å²) in [5.74, 6) is 1.13. The monoisotopic (exact) mass is 586 g/mol. The number of benzene rings is 1. The molecule has 2 fully saturated rings. The lowest BCUT2D eigenvalue weighted by molar-refractivity contribution is -0.0172. The van der Waals surface area contributed by atoms with Gasteiger partial charge in [-0.05, 0) is 90.0 Å². The molecule has 1 aliphatic heterocycles. The van der Waals surface area contributed by atoms with Crippen molar-refractivity contribution in [2.75, 3.05) is 45.2 Å². The molecule has 1 aromatic carbocycles. The van der Waals surface area contributed by atoms with Gasteiger partial charge in [0.25, 0.3) is 5.91 Å². The van der Waals surface area contributed by atoms with Crippen LogP contribution in [0.2, 0.25) is 0 Å². The molecule has 0 radical (unpaired) electrons. The number of ether oxygens (including phenoxy) is 2. The van der Waals surface area contributed by atoms with Gasteiger partial charge in [0.15, 0.2) is 0 Å². The van der Waals surface area contributed by atoms with Crippen LogP contribution in [-0.4, -0.2) is 91.0 Å². The normalized spacial score (nSPS) is 25.7. The van der Waals surface area contributed by atoms with E-state index < -0.39 is 6.04 Å². The van der Waals surface area contributed by atoms with E-state index in [-0.39, 0.29) is 42.7 Å². The van der Waals surface area contributed by atoms with E-state index >= 15 is 0 Å². The molecule has 9 heteroatoms. The lowest BCUT2D eigenvalue weighted by atomic mass is 9.96. The van der Waals surface area contributed by atoms with E-state index in [9.17, 15) is 14.7 Å². The number of carbonyl (C=O) groups is 2. The molecule has 236 valence electrons. The van der Waals surface area contributed by atoms with Crippen LogP contribution in [0.5, 0.6) is 5.75 Å². The molecule has 42 heavy (non-hydrogen) atoms. The summed E-state index contributed by atoms with van der Waals surface area (Å²) in [4.78, 5) is 31.2. The highest BCUT2D eigenvalue weighted by molar-refractivity contribution is 5.99. The third kappa shape index (κ3) is 9.85. The van der Waals surface area contributed by atoms with Crippen molar-refractivity contribution in [1.29, 1.82) is 0 Å². The lowest BCUT2D eigenvalue weighted by Gasteiger charge is -2.36. The summed E-state index contributed by atoms with van der Waals surface area (Å²) in [7, 11) is 2.16. The molecular formula is C33H54N4O5. The second-order valence-corrected chi connectivity index (χ2v) is 13.1. The molecular weight excluding hydrogens is 532 g/mol. The summed E-state index contributed by atoms with van der Waals surface area (Å²) in [6.45, 7) is 8.89. The third-order valence-electron chi connectivity index (χ3n) is 9.01. The van der Waals surface area contributed by atoms with Crippen LogP contribution in [0.4, 0.5) is 10.5 Å². The van der Waals surface area contributed by atoms with Gasteiger partial charge >= 0.3 is 6.03 Å². The summed E-state index contributed by atoms with van der Waals surface area (Å²) in [5, 5.41) is 16.2. The highest BCUT2D eigenvalue weighted by Crippen LogP contribution is 2.31. The number of fused-ring (bicyclic) bond motifs is 1. The number of anilines is 1. The molecule has 4 atom stereocenters. The molecule has 3 N–H and O–H groups in total. The van der Waals surface area contributed by atoms with Gasteiger partial charge in [0.1, 0.15) is 5.75 Å². The number of carbonyl (C=O) groups excluding carboxylic acids is 2. The second kappa shape index (κ2) is 15.9. The largest absolute Gasteiger partial charge is 0.490 e. The summed E-state index contributed by atoms with van der Waals surface area (Å²) in [6, 6.07) is 4.83. The molecule has 3 amide bonds. The maximum atomic E-state index is 14.3. The van der Waals surface area contributed by atoms with Crippen molar-refractivity contribution >= 4 is 17.6 Å². The average Bonchev–Trinajstić information content (AvgIpc) is 3.79. The van der Waals surface area contributed by atoms with Gasteiger partial charge in [-0.25, -0.2) is 4.79 Å². The Morgan fingerprint density at radius 3 is 2.52 bits per heavy atom. The average molecular weight is 587 g/mol. The summed E-state index contributed by atoms with van der Waals surface area (Å²) >= 11 is 0. The van der Waals surface area contributed by atoms with Gasteiger partial charge in [0.05, 0.1) is 30.4 Å². The molecule has 1 aromatic rings. The Bertz CT molecular complexity index is 1010.